The fraction of sp³-hybridized carbons (Fsp3) is 0.931. The summed E-state index contributed by atoms with van der Waals surface area (Å²) in [6.07, 6.45) is 12.8. The summed E-state index contributed by atoms with van der Waals surface area (Å²) < 4.78 is 0. The molecule has 0 aromatic carbocycles. The van der Waals surface area contributed by atoms with Gasteiger partial charge in [-0.15, -0.1) is 0 Å². The molecule has 3 saturated carbocycles. The van der Waals surface area contributed by atoms with E-state index in [0.717, 1.165) is 30.1 Å². The average Bonchev–Trinajstić information content (AvgIpc) is 3.04. The van der Waals surface area contributed by atoms with Crippen molar-refractivity contribution in [3.63, 3.8) is 0 Å². The second-order valence-corrected chi connectivity index (χ2v) is 13.5. The van der Waals surface area contributed by atoms with Gasteiger partial charge < -0.3 is 10.2 Å². The molecule has 3 fully saturated rings. The number of hydrogen-bond donors (Lipinski definition) is 2. The first kappa shape index (κ1) is 23.8. The molecule has 0 unspecified atom stereocenters. The second kappa shape index (κ2) is 8.15. The minimum atomic E-state index is -0.435. The van der Waals surface area contributed by atoms with Gasteiger partial charge in [0.15, 0.2) is 0 Å². The molecule has 0 heterocycles. The minimum absolute atomic E-state index is 0.159. The van der Waals surface area contributed by atoms with Crippen molar-refractivity contribution >= 4 is 0 Å². The molecule has 2 N–H and O–H groups in total. The van der Waals surface area contributed by atoms with Gasteiger partial charge in [0, 0.05) is 17.3 Å². The maximum Gasteiger partial charge on any atom is 0.0658 e. The topological polar surface area (TPSA) is 40.5 Å². The van der Waals surface area contributed by atoms with Gasteiger partial charge in [0.1, 0.15) is 0 Å². The molecule has 4 aliphatic rings. The standard InChI is InChI=1S/C29H50O2/c1-18(2)9-8-10-19(3)21-12-13-22-20-11-14-24-27(4,5)25(30)17-26(31)29(24,7)23(20)15-16-28(21,22)6/h14,18-23,25-26,30-31H,8-13,15-17H2,1-7H3/t19-,20+,21-,22+,23+,25+,26+,28-,29-/m1/s1. The molecule has 0 radical (unpaired) electrons. The van der Waals surface area contributed by atoms with Crippen molar-refractivity contribution in [1.29, 1.82) is 0 Å². The third kappa shape index (κ3) is 3.58. The molecule has 0 spiro atoms. The van der Waals surface area contributed by atoms with Gasteiger partial charge in [-0.2, -0.15) is 0 Å². The highest BCUT2D eigenvalue weighted by atomic mass is 16.3. The molecule has 0 aliphatic heterocycles. The fourth-order valence-corrected chi connectivity index (χ4v) is 9.37. The lowest BCUT2D eigenvalue weighted by atomic mass is 9.43. The van der Waals surface area contributed by atoms with Gasteiger partial charge in [0.05, 0.1) is 12.2 Å². The van der Waals surface area contributed by atoms with Gasteiger partial charge in [-0.25, -0.2) is 0 Å². The summed E-state index contributed by atoms with van der Waals surface area (Å²) >= 11 is 0. The van der Waals surface area contributed by atoms with Crippen LogP contribution in [0.2, 0.25) is 0 Å². The highest BCUT2D eigenvalue weighted by molar-refractivity contribution is 5.33. The Labute approximate surface area is 192 Å². The van der Waals surface area contributed by atoms with Gasteiger partial charge >= 0.3 is 0 Å². The molecule has 0 bridgehead atoms. The zero-order chi connectivity index (χ0) is 22.8. The van der Waals surface area contributed by atoms with Crippen molar-refractivity contribution in [2.75, 3.05) is 0 Å². The Morgan fingerprint density at radius 2 is 1.65 bits per heavy atom. The van der Waals surface area contributed by atoms with Gasteiger partial charge in [-0.1, -0.05) is 79.4 Å². The van der Waals surface area contributed by atoms with E-state index in [1.54, 1.807) is 0 Å². The van der Waals surface area contributed by atoms with Crippen molar-refractivity contribution in [3.05, 3.63) is 11.6 Å². The van der Waals surface area contributed by atoms with Crippen molar-refractivity contribution < 1.29 is 10.2 Å². The summed E-state index contributed by atoms with van der Waals surface area (Å²) in [5.74, 6) is 4.62. The molecule has 2 nitrogen and oxygen atoms in total. The molecule has 178 valence electrons. The molecule has 31 heavy (non-hydrogen) atoms. The Morgan fingerprint density at radius 1 is 0.935 bits per heavy atom. The van der Waals surface area contributed by atoms with Crippen LogP contribution in [0.25, 0.3) is 0 Å². The molecule has 0 aromatic rings. The summed E-state index contributed by atoms with van der Waals surface area (Å²) in [6.45, 7) is 16.6. The summed E-state index contributed by atoms with van der Waals surface area (Å²) in [4.78, 5) is 0. The predicted molar refractivity (Wildman–Crippen MR) is 130 cm³/mol. The van der Waals surface area contributed by atoms with Gasteiger partial charge in [-0.3, -0.25) is 0 Å². The molecule has 0 aromatic heterocycles. The largest absolute Gasteiger partial charge is 0.392 e. The van der Waals surface area contributed by atoms with Crippen LogP contribution in [-0.2, 0) is 0 Å². The van der Waals surface area contributed by atoms with Crippen molar-refractivity contribution in [2.24, 2.45) is 51.8 Å². The Hall–Kier alpha value is -0.340. The van der Waals surface area contributed by atoms with E-state index >= 15 is 0 Å². The first-order valence-electron chi connectivity index (χ1n) is 13.5. The Kier molecular flexibility index (Phi) is 6.26. The predicted octanol–water partition coefficient (Wildman–Crippen LogP) is 7.00. The number of hydrogen-bond acceptors (Lipinski definition) is 2. The molecular weight excluding hydrogens is 380 g/mol. The maximum atomic E-state index is 11.3. The normalized spacial score (nSPS) is 47.4. The lowest BCUT2D eigenvalue weighted by Crippen LogP contribution is -2.60. The van der Waals surface area contributed by atoms with E-state index in [4.69, 9.17) is 0 Å². The maximum absolute atomic E-state index is 11.3. The quantitative estimate of drug-likeness (QED) is 0.461. The summed E-state index contributed by atoms with van der Waals surface area (Å²) in [5.41, 5.74) is 1.46. The van der Waals surface area contributed by atoms with Crippen LogP contribution < -0.4 is 0 Å². The van der Waals surface area contributed by atoms with E-state index in [2.05, 4.69) is 54.5 Å². The van der Waals surface area contributed by atoms with E-state index in [1.807, 2.05) is 0 Å². The highest BCUT2D eigenvalue weighted by Gasteiger charge is 2.63. The fourth-order valence-electron chi connectivity index (χ4n) is 9.37. The molecule has 9 atom stereocenters. The molecule has 4 aliphatic carbocycles. The molecule has 4 rings (SSSR count). The van der Waals surface area contributed by atoms with E-state index in [-0.39, 0.29) is 10.8 Å². The number of aliphatic hydroxyl groups excluding tert-OH is 2. The Balaban J connectivity index is 1.57. The van der Waals surface area contributed by atoms with E-state index in [0.29, 0.717) is 23.7 Å². The Bertz CT molecular complexity index is 693. The second-order valence-electron chi connectivity index (χ2n) is 13.5. The van der Waals surface area contributed by atoms with Crippen LogP contribution >= 0.6 is 0 Å². The highest BCUT2D eigenvalue weighted by Crippen LogP contribution is 2.68. The Morgan fingerprint density at radius 3 is 2.32 bits per heavy atom. The third-order valence-corrected chi connectivity index (χ3v) is 11.2. The van der Waals surface area contributed by atoms with E-state index in [1.165, 1.54) is 50.5 Å². The van der Waals surface area contributed by atoms with Crippen molar-refractivity contribution in [1.82, 2.24) is 0 Å². The monoisotopic (exact) mass is 430 g/mol. The minimum Gasteiger partial charge on any atom is -0.392 e. The van der Waals surface area contributed by atoms with Crippen molar-refractivity contribution in [3.8, 4) is 0 Å². The van der Waals surface area contributed by atoms with Crippen LogP contribution in [0.3, 0.4) is 0 Å². The molecule has 2 heteroatoms. The number of rotatable bonds is 5. The van der Waals surface area contributed by atoms with E-state index < -0.39 is 12.2 Å². The first-order valence-corrected chi connectivity index (χ1v) is 13.5. The van der Waals surface area contributed by atoms with Gasteiger partial charge in [0.2, 0.25) is 0 Å². The average molecular weight is 431 g/mol. The first-order chi connectivity index (χ1) is 14.4. The smallest absolute Gasteiger partial charge is 0.0658 e. The lowest BCUT2D eigenvalue weighted by molar-refractivity contribution is -0.133. The molecule has 0 saturated heterocycles. The van der Waals surface area contributed by atoms with Crippen LogP contribution in [0, 0.1) is 51.8 Å². The molecular formula is C29H50O2. The number of fused-ring (bicyclic) bond motifs is 5. The lowest BCUT2D eigenvalue weighted by Gasteiger charge is -2.62. The summed E-state index contributed by atoms with van der Waals surface area (Å²) in [6, 6.07) is 0. The number of aliphatic hydroxyl groups is 2. The van der Waals surface area contributed by atoms with Crippen LogP contribution in [0.5, 0.6) is 0 Å². The SMILES string of the molecule is CC(C)CCC[C@@H](C)[C@H]1CC[C@H]2[C@@H]3CC=C4C(C)(C)[C@@H](O)C[C@H](O)[C@]4(C)[C@H]3CC[C@]12C. The summed E-state index contributed by atoms with van der Waals surface area (Å²) in [7, 11) is 0. The van der Waals surface area contributed by atoms with E-state index in [9.17, 15) is 10.2 Å². The van der Waals surface area contributed by atoms with Crippen molar-refractivity contribution in [2.45, 2.75) is 118 Å². The van der Waals surface area contributed by atoms with Crippen LogP contribution in [0.15, 0.2) is 11.6 Å². The van der Waals surface area contributed by atoms with Crippen LogP contribution in [-0.4, -0.2) is 22.4 Å². The van der Waals surface area contributed by atoms with Gasteiger partial charge in [-0.05, 0) is 73.0 Å². The zero-order valence-corrected chi connectivity index (χ0v) is 21.5. The number of allylic oxidation sites excluding steroid dienone is 1. The van der Waals surface area contributed by atoms with Crippen LogP contribution in [0.1, 0.15) is 106 Å². The molecule has 0 amide bonds. The van der Waals surface area contributed by atoms with Gasteiger partial charge in [0.25, 0.3) is 0 Å². The van der Waals surface area contributed by atoms with Crippen LogP contribution in [0.4, 0.5) is 0 Å². The summed E-state index contributed by atoms with van der Waals surface area (Å²) in [5, 5.41) is 22.0. The third-order valence-electron chi connectivity index (χ3n) is 11.2. The zero-order valence-electron chi connectivity index (χ0n) is 21.5.